The van der Waals surface area contributed by atoms with Gasteiger partial charge in [-0.2, -0.15) is 5.26 Å². The number of nitriles is 1. The number of nitrogens with zero attached hydrogens (tertiary/aromatic N) is 1. The standard InChI is InChI=1S/C12H16N2O3S/c1-12(2,8-13)9-14-18(15,16)11-6-4-10(17-3)5-7-11/h4-7,14H,9H2,1-3H3. The molecule has 0 aliphatic heterocycles. The third-order valence-corrected chi connectivity index (χ3v) is 3.79. The summed E-state index contributed by atoms with van der Waals surface area (Å²) < 4.78 is 31.2. The first kappa shape index (κ1) is 14.5. The molecule has 0 fully saturated rings. The van der Waals surface area contributed by atoms with Gasteiger partial charge in [-0.15, -0.1) is 0 Å². The molecule has 0 spiro atoms. The average Bonchev–Trinajstić information content (AvgIpc) is 2.37. The van der Waals surface area contributed by atoms with Gasteiger partial charge in [0, 0.05) is 6.54 Å². The van der Waals surface area contributed by atoms with E-state index in [9.17, 15) is 8.42 Å². The summed E-state index contributed by atoms with van der Waals surface area (Å²) in [6.45, 7) is 3.41. The van der Waals surface area contributed by atoms with Crippen LogP contribution in [0.1, 0.15) is 13.8 Å². The number of sulfonamides is 1. The third-order valence-electron chi connectivity index (χ3n) is 2.38. The van der Waals surface area contributed by atoms with Crippen LogP contribution in [0.25, 0.3) is 0 Å². The van der Waals surface area contributed by atoms with Crippen LogP contribution in [0.5, 0.6) is 5.75 Å². The molecule has 0 atom stereocenters. The Balaban J connectivity index is 2.84. The SMILES string of the molecule is COc1ccc(S(=O)(=O)NCC(C)(C)C#N)cc1. The van der Waals surface area contributed by atoms with Crippen molar-refractivity contribution in [3.63, 3.8) is 0 Å². The first-order valence-corrected chi connectivity index (χ1v) is 6.84. The number of methoxy groups -OCH3 is 1. The smallest absolute Gasteiger partial charge is 0.240 e. The van der Waals surface area contributed by atoms with Crippen molar-refractivity contribution in [2.45, 2.75) is 18.7 Å². The first-order chi connectivity index (χ1) is 8.30. The van der Waals surface area contributed by atoms with Crippen molar-refractivity contribution in [2.24, 2.45) is 5.41 Å². The van der Waals surface area contributed by atoms with E-state index in [0.717, 1.165) is 0 Å². The lowest BCUT2D eigenvalue weighted by Crippen LogP contribution is -2.33. The minimum Gasteiger partial charge on any atom is -0.497 e. The second-order valence-corrected chi connectivity index (χ2v) is 6.26. The van der Waals surface area contributed by atoms with Crippen LogP contribution in [0.2, 0.25) is 0 Å². The van der Waals surface area contributed by atoms with Gasteiger partial charge in [0.1, 0.15) is 5.75 Å². The molecule has 0 heterocycles. The molecule has 0 aliphatic carbocycles. The lowest BCUT2D eigenvalue weighted by molar-refractivity contribution is 0.414. The Kier molecular flexibility index (Phi) is 4.33. The lowest BCUT2D eigenvalue weighted by Gasteiger charge is -2.16. The predicted octanol–water partition coefficient (Wildman–Crippen LogP) is 1.52. The van der Waals surface area contributed by atoms with Crippen molar-refractivity contribution in [1.29, 1.82) is 5.26 Å². The molecule has 98 valence electrons. The Hall–Kier alpha value is -1.58. The van der Waals surface area contributed by atoms with E-state index in [1.807, 2.05) is 6.07 Å². The summed E-state index contributed by atoms with van der Waals surface area (Å²) in [6, 6.07) is 8.10. The van der Waals surface area contributed by atoms with E-state index in [0.29, 0.717) is 5.75 Å². The summed E-state index contributed by atoms with van der Waals surface area (Å²) >= 11 is 0. The molecule has 1 N–H and O–H groups in total. The average molecular weight is 268 g/mol. The molecule has 1 aromatic carbocycles. The zero-order chi connectivity index (χ0) is 13.8. The Labute approximate surface area is 107 Å². The minimum absolute atomic E-state index is 0.0673. The molecule has 18 heavy (non-hydrogen) atoms. The van der Waals surface area contributed by atoms with Crippen molar-refractivity contribution < 1.29 is 13.2 Å². The van der Waals surface area contributed by atoms with Gasteiger partial charge in [-0.1, -0.05) is 0 Å². The monoisotopic (exact) mass is 268 g/mol. The Morgan fingerprint density at radius 1 is 1.33 bits per heavy atom. The molecule has 1 rings (SSSR count). The van der Waals surface area contributed by atoms with Crippen molar-refractivity contribution in [3.8, 4) is 11.8 Å². The summed E-state index contributed by atoms with van der Waals surface area (Å²) in [7, 11) is -2.07. The van der Waals surface area contributed by atoms with Gasteiger partial charge < -0.3 is 4.74 Å². The molecular formula is C12H16N2O3S. The van der Waals surface area contributed by atoms with Crippen molar-refractivity contribution in [2.75, 3.05) is 13.7 Å². The highest BCUT2D eigenvalue weighted by Gasteiger charge is 2.21. The maximum Gasteiger partial charge on any atom is 0.240 e. The highest BCUT2D eigenvalue weighted by molar-refractivity contribution is 7.89. The highest BCUT2D eigenvalue weighted by atomic mass is 32.2. The summed E-state index contributed by atoms with van der Waals surface area (Å²) in [6.07, 6.45) is 0. The van der Waals surface area contributed by atoms with E-state index in [1.165, 1.54) is 19.2 Å². The maximum absolute atomic E-state index is 11.9. The molecule has 0 unspecified atom stereocenters. The summed E-state index contributed by atoms with van der Waals surface area (Å²) in [5.41, 5.74) is -0.737. The van der Waals surface area contributed by atoms with Gasteiger partial charge in [-0.05, 0) is 38.1 Å². The van der Waals surface area contributed by atoms with Gasteiger partial charge in [0.05, 0.1) is 23.5 Å². The molecule has 0 saturated heterocycles. The first-order valence-electron chi connectivity index (χ1n) is 5.36. The van der Waals surface area contributed by atoms with Crippen molar-refractivity contribution >= 4 is 10.0 Å². The van der Waals surface area contributed by atoms with E-state index in [1.54, 1.807) is 26.0 Å². The largest absolute Gasteiger partial charge is 0.497 e. The molecular weight excluding hydrogens is 252 g/mol. The van der Waals surface area contributed by atoms with E-state index in [4.69, 9.17) is 10.00 Å². The second kappa shape index (κ2) is 5.38. The van der Waals surface area contributed by atoms with Crippen LogP contribution in [-0.4, -0.2) is 22.1 Å². The van der Waals surface area contributed by atoms with Crippen LogP contribution in [0.4, 0.5) is 0 Å². The second-order valence-electron chi connectivity index (χ2n) is 4.50. The zero-order valence-corrected chi connectivity index (χ0v) is 11.4. The maximum atomic E-state index is 11.9. The number of ether oxygens (including phenoxy) is 1. The van der Waals surface area contributed by atoms with Crippen molar-refractivity contribution in [1.82, 2.24) is 4.72 Å². The zero-order valence-electron chi connectivity index (χ0n) is 10.6. The van der Waals surface area contributed by atoms with Crippen LogP contribution in [0, 0.1) is 16.7 Å². The van der Waals surface area contributed by atoms with Gasteiger partial charge in [-0.25, -0.2) is 13.1 Å². The lowest BCUT2D eigenvalue weighted by atomic mass is 9.97. The number of hydrogen-bond acceptors (Lipinski definition) is 4. The van der Waals surface area contributed by atoms with Crippen LogP contribution in [-0.2, 0) is 10.0 Å². The van der Waals surface area contributed by atoms with Crippen molar-refractivity contribution in [3.05, 3.63) is 24.3 Å². The number of benzene rings is 1. The van der Waals surface area contributed by atoms with Crippen LogP contribution >= 0.6 is 0 Å². The molecule has 6 heteroatoms. The quantitative estimate of drug-likeness (QED) is 0.878. The summed E-state index contributed by atoms with van der Waals surface area (Å²) in [4.78, 5) is 0.150. The van der Waals surface area contributed by atoms with Gasteiger partial charge in [0.15, 0.2) is 0 Å². The normalized spacial score (nSPS) is 11.9. The molecule has 0 radical (unpaired) electrons. The number of nitrogens with one attached hydrogen (secondary N) is 1. The molecule has 0 aromatic heterocycles. The van der Waals surface area contributed by atoms with Crippen LogP contribution in [0.15, 0.2) is 29.2 Å². The van der Waals surface area contributed by atoms with Gasteiger partial charge in [-0.3, -0.25) is 0 Å². The Morgan fingerprint density at radius 2 is 1.89 bits per heavy atom. The minimum atomic E-state index is -3.59. The Morgan fingerprint density at radius 3 is 2.33 bits per heavy atom. The summed E-state index contributed by atoms with van der Waals surface area (Å²) in [5.74, 6) is 0.589. The van der Waals surface area contributed by atoms with E-state index in [2.05, 4.69) is 4.72 Å². The molecule has 0 bridgehead atoms. The van der Waals surface area contributed by atoms with Gasteiger partial charge in [0.2, 0.25) is 10.0 Å². The van der Waals surface area contributed by atoms with E-state index in [-0.39, 0.29) is 11.4 Å². The fourth-order valence-corrected chi connectivity index (χ4v) is 2.37. The molecule has 0 amide bonds. The number of hydrogen-bond donors (Lipinski definition) is 1. The topological polar surface area (TPSA) is 79.2 Å². The molecule has 5 nitrogen and oxygen atoms in total. The molecule has 1 aromatic rings. The van der Waals surface area contributed by atoms with Crippen LogP contribution in [0.3, 0.4) is 0 Å². The fraction of sp³-hybridized carbons (Fsp3) is 0.417. The third kappa shape index (κ3) is 3.72. The van der Waals surface area contributed by atoms with E-state index < -0.39 is 15.4 Å². The van der Waals surface area contributed by atoms with E-state index >= 15 is 0 Å². The Bertz CT molecular complexity index is 542. The molecule has 0 saturated carbocycles. The fourth-order valence-electron chi connectivity index (χ4n) is 1.15. The molecule has 0 aliphatic rings. The predicted molar refractivity (Wildman–Crippen MR) is 67.6 cm³/mol. The van der Waals surface area contributed by atoms with Gasteiger partial charge >= 0.3 is 0 Å². The summed E-state index contributed by atoms with van der Waals surface area (Å²) in [5, 5.41) is 8.83. The van der Waals surface area contributed by atoms with Crippen LogP contribution < -0.4 is 9.46 Å². The van der Waals surface area contributed by atoms with Gasteiger partial charge in [0.25, 0.3) is 0 Å². The number of rotatable bonds is 5. The highest BCUT2D eigenvalue weighted by Crippen LogP contribution is 2.17.